The predicted molar refractivity (Wildman–Crippen MR) is 77.6 cm³/mol. The van der Waals surface area contributed by atoms with Gasteiger partial charge in [0.25, 0.3) is 0 Å². The lowest BCUT2D eigenvalue weighted by Gasteiger charge is -2.11. The SMILES string of the molecule is Cc1ccc(Cl)cc1NCc1cc(Br)ccc1F. The van der Waals surface area contributed by atoms with Gasteiger partial charge in [0.05, 0.1) is 0 Å². The molecule has 18 heavy (non-hydrogen) atoms. The second-order valence-corrected chi connectivity index (χ2v) is 5.40. The maximum atomic E-state index is 13.6. The molecule has 0 amide bonds. The van der Waals surface area contributed by atoms with E-state index in [1.807, 2.05) is 25.1 Å². The Bertz CT molecular complexity index is 520. The van der Waals surface area contributed by atoms with E-state index in [1.165, 1.54) is 6.07 Å². The zero-order chi connectivity index (χ0) is 13.1. The van der Waals surface area contributed by atoms with E-state index in [2.05, 4.69) is 21.2 Å². The number of anilines is 1. The summed E-state index contributed by atoms with van der Waals surface area (Å²) in [6.45, 7) is 2.41. The van der Waals surface area contributed by atoms with Crippen molar-refractivity contribution in [2.45, 2.75) is 13.5 Å². The lowest BCUT2D eigenvalue weighted by molar-refractivity contribution is 0.612. The Morgan fingerprint density at radius 3 is 2.78 bits per heavy atom. The molecule has 0 saturated carbocycles. The third-order valence-electron chi connectivity index (χ3n) is 2.68. The largest absolute Gasteiger partial charge is 0.381 e. The maximum absolute atomic E-state index is 13.6. The number of rotatable bonds is 3. The molecule has 94 valence electrons. The standard InChI is InChI=1S/C14H12BrClFN/c1-9-2-4-12(16)7-14(9)18-8-10-6-11(15)3-5-13(10)17/h2-7,18H,8H2,1H3. The monoisotopic (exact) mass is 327 g/mol. The lowest BCUT2D eigenvalue weighted by atomic mass is 10.1. The highest BCUT2D eigenvalue weighted by Gasteiger charge is 2.04. The van der Waals surface area contributed by atoms with Crippen molar-refractivity contribution in [3.8, 4) is 0 Å². The first kappa shape index (κ1) is 13.4. The fourth-order valence-electron chi connectivity index (χ4n) is 1.65. The molecule has 0 aliphatic heterocycles. The van der Waals surface area contributed by atoms with Gasteiger partial charge in [-0.3, -0.25) is 0 Å². The van der Waals surface area contributed by atoms with Gasteiger partial charge < -0.3 is 5.32 Å². The van der Waals surface area contributed by atoms with Crippen molar-refractivity contribution in [2.24, 2.45) is 0 Å². The molecule has 0 heterocycles. The molecular weight excluding hydrogens is 317 g/mol. The smallest absolute Gasteiger partial charge is 0.128 e. The second kappa shape index (κ2) is 5.72. The summed E-state index contributed by atoms with van der Waals surface area (Å²) in [5.74, 6) is -0.217. The average Bonchev–Trinajstić information content (AvgIpc) is 2.34. The average molecular weight is 329 g/mol. The molecule has 2 rings (SSSR count). The van der Waals surface area contributed by atoms with Gasteiger partial charge >= 0.3 is 0 Å². The van der Waals surface area contributed by atoms with Gasteiger partial charge in [0.15, 0.2) is 0 Å². The van der Waals surface area contributed by atoms with Crippen molar-refractivity contribution in [3.05, 3.63) is 62.8 Å². The number of aryl methyl sites for hydroxylation is 1. The summed E-state index contributed by atoms with van der Waals surface area (Å²) in [6, 6.07) is 10.5. The topological polar surface area (TPSA) is 12.0 Å². The van der Waals surface area contributed by atoms with E-state index in [0.29, 0.717) is 17.1 Å². The third-order valence-corrected chi connectivity index (χ3v) is 3.41. The van der Waals surface area contributed by atoms with Crippen LogP contribution in [0.25, 0.3) is 0 Å². The van der Waals surface area contributed by atoms with E-state index in [9.17, 15) is 4.39 Å². The Kier molecular flexibility index (Phi) is 4.25. The van der Waals surface area contributed by atoms with Crippen molar-refractivity contribution in [3.63, 3.8) is 0 Å². The van der Waals surface area contributed by atoms with Crippen molar-refractivity contribution >= 4 is 33.2 Å². The minimum atomic E-state index is -0.217. The zero-order valence-electron chi connectivity index (χ0n) is 9.81. The van der Waals surface area contributed by atoms with Crippen molar-refractivity contribution in [1.29, 1.82) is 0 Å². The van der Waals surface area contributed by atoms with Crippen LogP contribution in [-0.2, 0) is 6.54 Å². The molecule has 0 bridgehead atoms. The number of benzene rings is 2. The molecule has 0 atom stereocenters. The molecule has 0 fully saturated rings. The van der Waals surface area contributed by atoms with Crippen LogP contribution in [0.3, 0.4) is 0 Å². The van der Waals surface area contributed by atoms with E-state index in [-0.39, 0.29) is 5.82 Å². The maximum Gasteiger partial charge on any atom is 0.128 e. The van der Waals surface area contributed by atoms with Crippen LogP contribution >= 0.6 is 27.5 Å². The van der Waals surface area contributed by atoms with E-state index < -0.39 is 0 Å². The first-order valence-electron chi connectivity index (χ1n) is 5.50. The van der Waals surface area contributed by atoms with E-state index >= 15 is 0 Å². The highest BCUT2D eigenvalue weighted by molar-refractivity contribution is 9.10. The lowest BCUT2D eigenvalue weighted by Crippen LogP contribution is -2.03. The number of halogens is 3. The second-order valence-electron chi connectivity index (χ2n) is 4.05. The Balaban J connectivity index is 2.16. The van der Waals surface area contributed by atoms with Gasteiger partial charge in [-0.25, -0.2) is 4.39 Å². The fourth-order valence-corrected chi connectivity index (χ4v) is 2.23. The summed E-state index contributed by atoms with van der Waals surface area (Å²) >= 11 is 9.27. The summed E-state index contributed by atoms with van der Waals surface area (Å²) in [5, 5.41) is 3.86. The summed E-state index contributed by atoms with van der Waals surface area (Å²) in [5.41, 5.74) is 2.61. The molecule has 1 N–H and O–H groups in total. The molecule has 0 aliphatic carbocycles. The first-order valence-corrected chi connectivity index (χ1v) is 6.67. The molecule has 0 aliphatic rings. The highest BCUT2D eigenvalue weighted by Crippen LogP contribution is 2.22. The number of nitrogens with one attached hydrogen (secondary N) is 1. The quantitative estimate of drug-likeness (QED) is 0.820. The van der Waals surface area contributed by atoms with Gasteiger partial charge in [-0.2, -0.15) is 0 Å². The Morgan fingerprint density at radius 2 is 2.00 bits per heavy atom. The van der Waals surface area contributed by atoms with Gasteiger partial charge in [-0.05, 0) is 42.8 Å². The van der Waals surface area contributed by atoms with E-state index in [4.69, 9.17) is 11.6 Å². The fraction of sp³-hybridized carbons (Fsp3) is 0.143. The Hall–Kier alpha value is -1.06. The molecule has 2 aromatic rings. The van der Waals surface area contributed by atoms with E-state index in [0.717, 1.165) is 15.7 Å². The molecule has 0 saturated heterocycles. The van der Waals surface area contributed by atoms with Crippen molar-refractivity contribution in [1.82, 2.24) is 0 Å². The normalized spacial score (nSPS) is 10.4. The summed E-state index contributed by atoms with van der Waals surface area (Å²) < 4.78 is 14.4. The minimum absolute atomic E-state index is 0.217. The molecule has 4 heteroatoms. The Morgan fingerprint density at radius 1 is 1.22 bits per heavy atom. The number of hydrogen-bond acceptors (Lipinski definition) is 1. The van der Waals surface area contributed by atoms with Crippen LogP contribution in [0, 0.1) is 12.7 Å². The van der Waals surface area contributed by atoms with Crippen LogP contribution in [0.4, 0.5) is 10.1 Å². The first-order chi connectivity index (χ1) is 8.56. The molecule has 0 spiro atoms. The van der Waals surface area contributed by atoms with Crippen LogP contribution in [0.2, 0.25) is 5.02 Å². The molecule has 0 radical (unpaired) electrons. The summed E-state index contributed by atoms with van der Waals surface area (Å²) in [7, 11) is 0. The predicted octanol–water partition coefficient (Wildman–Crippen LogP) is 5.16. The zero-order valence-corrected chi connectivity index (χ0v) is 12.1. The summed E-state index contributed by atoms with van der Waals surface area (Å²) in [4.78, 5) is 0. The Labute approximate surface area is 119 Å². The molecule has 2 aromatic carbocycles. The van der Waals surface area contributed by atoms with Gasteiger partial charge in [-0.15, -0.1) is 0 Å². The summed E-state index contributed by atoms with van der Waals surface area (Å²) in [6.07, 6.45) is 0. The van der Waals surface area contributed by atoms with Crippen molar-refractivity contribution in [2.75, 3.05) is 5.32 Å². The van der Waals surface area contributed by atoms with Crippen LogP contribution in [0.5, 0.6) is 0 Å². The van der Waals surface area contributed by atoms with Gasteiger partial charge in [-0.1, -0.05) is 33.6 Å². The van der Waals surface area contributed by atoms with Crippen LogP contribution in [-0.4, -0.2) is 0 Å². The highest BCUT2D eigenvalue weighted by atomic mass is 79.9. The molecular formula is C14H12BrClFN. The van der Waals surface area contributed by atoms with Crippen LogP contribution in [0.1, 0.15) is 11.1 Å². The van der Waals surface area contributed by atoms with Crippen LogP contribution in [0.15, 0.2) is 40.9 Å². The third kappa shape index (κ3) is 3.24. The molecule has 1 nitrogen and oxygen atoms in total. The minimum Gasteiger partial charge on any atom is -0.381 e. The van der Waals surface area contributed by atoms with Crippen LogP contribution < -0.4 is 5.32 Å². The molecule has 0 aromatic heterocycles. The van der Waals surface area contributed by atoms with Crippen molar-refractivity contribution < 1.29 is 4.39 Å². The van der Waals surface area contributed by atoms with E-state index in [1.54, 1.807) is 12.1 Å². The van der Waals surface area contributed by atoms with Gasteiger partial charge in [0.1, 0.15) is 5.82 Å². The van der Waals surface area contributed by atoms with Gasteiger partial charge in [0.2, 0.25) is 0 Å². The molecule has 0 unspecified atom stereocenters. The number of hydrogen-bond donors (Lipinski definition) is 1. The van der Waals surface area contributed by atoms with Gasteiger partial charge in [0, 0.05) is 27.3 Å².